The van der Waals surface area contributed by atoms with Crippen LogP contribution in [0.3, 0.4) is 0 Å². The quantitative estimate of drug-likeness (QED) is 0.944. The third-order valence-electron chi connectivity index (χ3n) is 2.82. The van der Waals surface area contributed by atoms with Crippen molar-refractivity contribution in [3.8, 4) is 12.1 Å². The van der Waals surface area contributed by atoms with Gasteiger partial charge in [-0.05, 0) is 35.9 Å². The molecular formula is C16H10ClN3O. The average Bonchev–Trinajstić information content (AvgIpc) is 2.50. The first kappa shape index (κ1) is 14.6. The number of hydrogen-bond donors (Lipinski definition) is 1. The molecular weight excluding hydrogens is 286 g/mol. The molecule has 0 aliphatic heterocycles. The second-order valence-corrected chi connectivity index (χ2v) is 4.75. The number of carbonyl (C=O) groups excluding carboxylic acids is 1. The van der Waals surface area contributed by atoms with E-state index in [2.05, 4.69) is 5.32 Å². The summed E-state index contributed by atoms with van der Waals surface area (Å²) in [6.45, 7) is 0. The van der Waals surface area contributed by atoms with Gasteiger partial charge in [-0.1, -0.05) is 23.7 Å². The van der Waals surface area contributed by atoms with Crippen LogP contribution in [-0.2, 0) is 11.2 Å². The summed E-state index contributed by atoms with van der Waals surface area (Å²) in [5.74, 6) is -0.239. The maximum atomic E-state index is 12.0. The Morgan fingerprint density at radius 3 is 2.29 bits per heavy atom. The molecule has 1 N–H and O–H groups in total. The molecule has 0 unspecified atom stereocenters. The van der Waals surface area contributed by atoms with Crippen LogP contribution in [0, 0.1) is 22.7 Å². The summed E-state index contributed by atoms with van der Waals surface area (Å²) in [7, 11) is 0. The maximum absolute atomic E-state index is 12.0. The molecule has 4 nitrogen and oxygen atoms in total. The molecule has 2 aromatic rings. The van der Waals surface area contributed by atoms with Crippen molar-refractivity contribution in [1.82, 2.24) is 0 Å². The summed E-state index contributed by atoms with van der Waals surface area (Å²) in [5, 5.41) is 20.6. The number of halogens is 1. The minimum atomic E-state index is -0.239. The lowest BCUT2D eigenvalue weighted by atomic mass is 10.1. The fraction of sp³-hybridized carbons (Fsp3) is 0.0625. The Hall–Kier alpha value is -2.82. The van der Waals surface area contributed by atoms with Crippen LogP contribution >= 0.6 is 11.6 Å². The number of benzene rings is 2. The van der Waals surface area contributed by atoms with Crippen molar-refractivity contribution in [2.24, 2.45) is 0 Å². The molecule has 0 spiro atoms. The molecule has 0 aliphatic carbocycles. The standard InChI is InChI=1S/C16H10ClN3O/c17-14-6-5-13(10-19)7-15(14)20-16(21)8-11-1-3-12(9-18)4-2-11/h1-7H,8H2,(H,20,21). The van der Waals surface area contributed by atoms with E-state index >= 15 is 0 Å². The Morgan fingerprint density at radius 2 is 1.67 bits per heavy atom. The van der Waals surface area contributed by atoms with E-state index in [1.54, 1.807) is 36.4 Å². The van der Waals surface area contributed by atoms with Crippen LogP contribution in [0.2, 0.25) is 5.02 Å². The highest BCUT2D eigenvalue weighted by molar-refractivity contribution is 6.33. The minimum Gasteiger partial charge on any atom is -0.324 e. The minimum absolute atomic E-state index is 0.165. The molecule has 2 aromatic carbocycles. The van der Waals surface area contributed by atoms with E-state index in [0.29, 0.717) is 21.8 Å². The van der Waals surface area contributed by atoms with E-state index in [1.165, 1.54) is 6.07 Å². The number of amides is 1. The fourth-order valence-electron chi connectivity index (χ4n) is 1.77. The Labute approximate surface area is 127 Å². The number of rotatable bonds is 3. The molecule has 0 saturated carbocycles. The van der Waals surface area contributed by atoms with Gasteiger partial charge in [-0.25, -0.2) is 0 Å². The van der Waals surface area contributed by atoms with Crippen molar-refractivity contribution < 1.29 is 4.79 Å². The predicted octanol–water partition coefficient (Wildman–Crippen LogP) is 3.26. The van der Waals surface area contributed by atoms with Crippen LogP contribution in [0.25, 0.3) is 0 Å². The Bertz CT molecular complexity index is 755. The van der Waals surface area contributed by atoms with Crippen molar-refractivity contribution in [3.05, 3.63) is 64.2 Å². The third kappa shape index (κ3) is 3.82. The summed E-state index contributed by atoms with van der Waals surface area (Å²) in [6, 6.07) is 15.5. The van der Waals surface area contributed by atoms with Crippen LogP contribution < -0.4 is 5.32 Å². The van der Waals surface area contributed by atoms with Crippen LogP contribution in [0.1, 0.15) is 16.7 Å². The Balaban J connectivity index is 2.08. The normalized spacial score (nSPS) is 9.48. The lowest BCUT2D eigenvalue weighted by Crippen LogP contribution is -2.14. The highest BCUT2D eigenvalue weighted by Gasteiger charge is 2.08. The number of carbonyl (C=O) groups is 1. The van der Waals surface area contributed by atoms with Crippen molar-refractivity contribution in [2.45, 2.75) is 6.42 Å². The molecule has 0 aromatic heterocycles. The zero-order valence-corrected chi connectivity index (χ0v) is 11.7. The SMILES string of the molecule is N#Cc1ccc(CC(=O)Nc2cc(C#N)ccc2Cl)cc1. The van der Waals surface area contributed by atoms with E-state index in [9.17, 15) is 4.79 Å². The van der Waals surface area contributed by atoms with Crippen molar-refractivity contribution in [3.63, 3.8) is 0 Å². The average molecular weight is 296 g/mol. The summed E-state index contributed by atoms with van der Waals surface area (Å²) < 4.78 is 0. The number of nitrogens with one attached hydrogen (secondary N) is 1. The Kier molecular flexibility index (Phi) is 4.56. The highest BCUT2D eigenvalue weighted by atomic mass is 35.5. The van der Waals surface area contributed by atoms with Gasteiger partial charge < -0.3 is 5.32 Å². The van der Waals surface area contributed by atoms with Gasteiger partial charge in [0.25, 0.3) is 0 Å². The van der Waals surface area contributed by atoms with E-state index in [0.717, 1.165) is 5.56 Å². The second-order valence-electron chi connectivity index (χ2n) is 4.34. The second kappa shape index (κ2) is 6.56. The number of anilines is 1. The first-order valence-electron chi connectivity index (χ1n) is 6.11. The van der Waals surface area contributed by atoms with Gasteiger partial charge in [-0.2, -0.15) is 10.5 Å². The van der Waals surface area contributed by atoms with Gasteiger partial charge in [-0.15, -0.1) is 0 Å². The molecule has 102 valence electrons. The molecule has 0 heterocycles. The molecule has 5 heteroatoms. The zero-order valence-electron chi connectivity index (χ0n) is 10.9. The molecule has 1 amide bonds. The molecule has 0 fully saturated rings. The van der Waals surface area contributed by atoms with Crippen LogP contribution in [-0.4, -0.2) is 5.91 Å². The summed E-state index contributed by atoms with van der Waals surface area (Å²) >= 11 is 5.98. The number of nitriles is 2. The molecule has 0 bridgehead atoms. The predicted molar refractivity (Wildman–Crippen MR) is 79.7 cm³/mol. The van der Waals surface area contributed by atoms with Crippen LogP contribution in [0.5, 0.6) is 0 Å². The lowest BCUT2D eigenvalue weighted by molar-refractivity contribution is -0.115. The van der Waals surface area contributed by atoms with E-state index in [1.807, 2.05) is 12.1 Å². The first-order chi connectivity index (χ1) is 10.1. The molecule has 2 rings (SSSR count). The molecule has 0 aliphatic rings. The van der Waals surface area contributed by atoms with Crippen molar-refractivity contribution in [1.29, 1.82) is 10.5 Å². The molecule has 21 heavy (non-hydrogen) atoms. The third-order valence-corrected chi connectivity index (χ3v) is 3.15. The maximum Gasteiger partial charge on any atom is 0.228 e. The fourth-order valence-corrected chi connectivity index (χ4v) is 1.93. The van der Waals surface area contributed by atoms with E-state index in [4.69, 9.17) is 22.1 Å². The van der Waals surface area contributed by atoms with Gasteiger partial charge in [0.2, 0.25) is 5.91 Å². The largest absolute Gasteiger partial charge is 0.324 e. The van der Waals surface area contributed by atoms with Gasteiger partial charge in [0, 0.05) is 0 Å². The summed E-state index contributed by atoms with van der Waals surface area (Å²) in [6.07, 6.45) is 0.165. The molecule has 0 radical (unpaired) electrons. The van der Waals surface area contributed by atoms with Crippen LogP contribution in [0.4, 0.5) is 5.69 Å². The van der Waals surface area contributed by atoms with Gasteiger partial charge in [0.15, 0.2) is 0 Å². The van der Waals surface area contributed by atoms with Gasteiger partial charge in [0.05, 0.1) is 40.4 Å². The van der Waals surface area contributed by atoms with Gasteiger partial charge in [-0.3, -0.25) is 4.79 Å². The van der Waals surface area contributed by atoms with Crippen LogP contribution in [0.15, 0.2) is 42.5 Å². The molecule has 0 atom stereocenters. The Morgan fingerprint density at radius 1 is 1.05 bits per heavy atom. The highest BCUT2D eigenvalue weighted by Crippen LogP contribution is 2.23. The topological polar surface area (TPSA) is 76.7 Å². The molecule has 0 saturated heterocycles. The number of nitrogens with zero attached hydrogens (tertiary/aromatic N) is 2. The lowest BCUT2D eigenvalue weighted by Gasteiger charge is -2.07. The van der Waals surface area contributed by atoms with Gasteiger partial charge in [0.1, 0.15) is 0 Å². The van der Waals surface area contributed by atoms with Gasteiger partial charge >= 0.3 is 0 Å². The van der Waals surface area contributed by atoms with E-state index < -0.39 is 0 Å². The smallest absolute Gasteiger partial charge is 0.228 e. The van der Waals surface area contributed by atoms with E-state index in [-0.39, 0.29) is 12.3 Å². The zero-order chi connectivity index (χ0) is 15.2. The number of hydrogen-bond acceptors (Lipinski definition) is 3. The first-order valence-corrected chi connectivity index (χ1v) is 6.48. The van der Waals surface area contributed by atoms with Crippen molar-refractivity contribution >= 4 is 23.2 Å². The summed E-state index contributed by atoms with van der Waals surface area (Å²) in [5.41, 5.74) is 2.17. The summed E-state index contributed by atoms with van der Waals surface area (Å²) in [4.78, 5) is 12.0. The monoisotopic (exact) mass is 295 g/mol. The van der Waals surface area contributed by atoms with Crippen molar-refractivity contribution in [2.75, 3.05) is 5.32 Å².